The zero-order valence-electron chi connectivity index (χ0n) is 12.2. The molecule has 1 saturated carbocycles. The van der Waals surface area contributed by atoms with Crippen molar-refractivity contribution in [2.45, 2.75) is 45.1 Å². The first-order valence-electron chi connectivity index (χ1n) is 7.87. The third-order valence-corrected chi connectivity index (χ3v) is 4.46. The number of piperidine rings is 1. The Bertz CT molecular complexity index is 459. The summed E-state index contributed by atoms with van der Waals surface area (Å²) in [5.74, 6) is 1.65. The first kappa shape index (κ1) is 13.7. The molecule has 1 aliphatic carbocycles. The van der Waals surface area contributed by atoms with Crippen LogP contribution < -0.4 is 5.32 Å². The summed E-state index contributed by atoms with van der Waals surface area (Å²) < 4.78 is 5.42. The fourth-order valence-electron chi connectivity index (χ4n) is 3.09. The van der Waals surface area contributed by atoms with E-state index < -0.39 is 0 Å². The predicted molar refractivity (Wildman–Crippen MR) is 77.7 cm³/mol. The first-order valence-corrected chi connectivity index (χ1v) is 7.87. The lowest BCUT2D eigenvalue weighted by Gasteiger charge is -2.30. The molecule has 2 heterocycles. The Hall–Kier alpha value is -1.29. The summed E-state index contributed by atoms with van der Waals surface area (Å²) in [4.78, 5) is 14.9. The van der Waals surface area contributed by atoms with Crippen LogP contribution in [0, 0.1) is 5.92 Å². The van der Waals surface area contributed by atoms with E-state index in [0.717, 1.165) is 50.2 Å². The molecule has 20 heavy (non-hydrogen) atoms. The van der Waals surface area contributed by atoms with Crippen molar-refractivity contribution < 1.29 is 9.21 Å². The lowest BCUT2D eigenvalue weighted by Crippen LogP contribution is -2.40. The van der Waals surface area contributed by atoms with E-state index in [1.165, 1.54) is 12.8 Å². The van der Waals surface area contributed by atoms with E-state index in [4.69, 9.17) is 4.42 Å². The summed E-state index contributed by atoms with van der Waals surface area (Å²) in [6.45, 7) is 5.12. The summed E-state index contributed by atoms with van der Waals surface area (Å²) >= 11 is 0. The van der Waals surface area contributed by atoms with E-state index in [1.54, 1.807) is 6.26 Å². The van der Waals surface area contributed by atoms with Crippen molar-refractivity contribution in [3.63, 3.8) is 0 Å². The molecule has 4 heteroatoms. The minimum atomic E-state index is 0.177. The third kappa shape index (κ3) is 2.90. The van der Waals surface area contributed by atoms with E-state index in [0.29, 0.717) is 12.0 Å². The van der Waals surface area contributed by atoms with Gasteiger partial charge in [0.1, 0.15) is 5.76 Å². The maximum atomic E-state index is 12.8. The molecular weight excluding hydrogens is 252 g/mol. The van der Waals surface area contributed by atoms with E-state index in [9.17, 15) is 4.79 Å². The van der Waals surface area contributed by atoms with Gasteiger partial charge in [0.25, 0.3) is 5.91 Å². The second-order valence-corrected chi connectivity index (χ2v) is 5.99. The molecule has 0 unspecified atom stereocenters. The largest absolute Gasteiger partial charge is 0.469 e. The fraction of sp³-hybridized carbons (Fsp3) is 0.688. The van der Waals surface area contributed by atoms with Gasteiger partial charge >= 0.3 is 0 Å². The van der Waals surface area contributed by atoms with Gasteiger partial charge in [0, 0.05) is 19.0 Å². The van der Waals surface area contributed by atoms with Gasteiger partial charge in [-0.2, -0.15) is 0 Å². The molecule has 2 aliphatic rings. The molecule has 1 saturated heterocycles. The molecule has 110 valence electrons. The standard InChI is InChI=1S/C16H24N2O2/c1-2-15-14(7-10-20-15)16(19)18(13-3-4-13)11-12-5-8-17-9-6-12/h7,10,12-13,17H,2-6,8-9,11H2,1H3. The number of rotatable bonds is 5. The van der Waals surface area contributed by atoms with Crippen LogP contribution in [0.3, 0.4) is 0 Å². The molecule has 2 fully saturated rings. The highest BCUT2D eigenvalue weighted by Crippen LogP contribution is 2.31. The minimum absolute atomic E-state index is 0.177. The Labute approximate surface area is 120 Å². The summed E-state index contributed by atoms with van der Waals surface area (Å²) in [6.07, 6.45) is 7.11. The highest BCUT2D eigenvalue weighted by Gasteiger charge is 2.35. The Morgan fingerprint density at radius 1 is 1.35 bits per heavy atom. The fourth-order valence-corrected chi connectivity index (χ4v) is 3.09. The zero-order valence-corrected chi connectivity index (χ0v) is 12.2. The van der Waals surface area contributed by atoms with Gasteiger partial charge in [-0.15, -0.1) is 0 Å². The maximum Gasteiger partial charge on any atom is 0.257 e. The number of nitrogens with one attached hydrogen (secondary N) is 1. The third-order valence-electron chi connectivity index (χ3n) is 4.46. The summed E-state index contributed by atoms with van der Waals surface area (Å²) in [6, 6.07) is 2.30. The minimum Gasteiger partial charge on any atom is -0.469 e. The van der Waals surface area contributed by atoms with Gasteiger partial charge in [0.2, 0.25) is 0 Å². The van der Waals surface area contributed by atoms with Crippen LogP contribution in [0.4, 0.5) is 0 Å². The number of hydrogen-bond acceptors (Lipinski definition) is 3. The SMILES string of the molecule is CCc1occc1C(=O)N(CC1CCNCC1)C1CC1. The molecule has 4 nitrogen and oxygen atoms in total. The zero-order chi connectivity index (χ0) is 13.9. The van der Waals surface area contributed by atoms with Crippen LogP contribution >= 0.6 is 0 Å². The van der Waals surface area contributed by atoms with Crippen LogP contribution in [0.25, 0.3) is 0 Å². The lowest BCUT2D eigenvalue weighted by molar-refractivity contribution is 0.0699. The number of furan rings is 1. The smallest absolute Gasteiger partial charge is 0.257 e. The molecule has 3 rings (SSSR count). The number of carbonyl (C=O) groups is 1. The summed E-state index contributed by atoms with van der Waals surface area (Å²) in [5.41, 5.74) is 0.772. The topological polar surface area (TPSA) is 45.5 Å². The highest BCUT2D eigenvalue weighted by molar-refractivity contribution is 5.95. The summed E-state index contributed by atoms with van der Waals surface area (Å²) in [5, 5.41) is 3.39. The van der Waals surface area contributed by atoms with Crippen molar-refractivity contribution >= 4 is 5.91 Å². The molecular formula is C16H24N2O2. The van der Waals surface area contributed by atoms with E-state index in [-0.39, 0.29) is 5.91 Å². The molecule has 0 atom stereocenters. The second kappa shape index (κ2) is 6.00. The van der Waals surface area contributed by atoms with Crippen molar-refractivity contribution in [3.8, 4) is 0 Å². The Morgan fingerprint density at radius 2 is 2.10 bits per heavy atom. The second-order valence-electron chi connectivity index (χ2n) is 5.99. The number of aryl methyl sites for hydroxylation is 1. The highest BCUT2D eigenvalue weighted by atomic mass is 16.3. The van der Waals surface area contributed by atoms with Gasteiger partial charge in [-0.1, -0.05) is 6.92 Å². The molecule has 0 radical (unpaired) electrons. The molecule has 0 aromatic carbocycles. The Balaban J connectivity index is 1.71. The normalized spacial score (nSPS) is 20.1. The predicted octanol–water partition coefficient (Wildman–Crippen LogP) is 2.45. The van der Waals surface area contributed by atoms with Crippen LogP contribution in [0.15, 0.2) is 16.7 Å². The maximum absolute atomic E-state index is 12.8. The van der Waals surface area contributed by atoms with Gasteiger partial charge < -0.3 is 14.6 Å². The molecule has 1 aromatic heterocycles. The van der Waals surface area contributed by atoms with E-state index in [1.807, 2.05) is 13.0 Å². The van der Waals surface area contributed by atoms with Crippen LogP contribution in [-0.4, -0.2) is 36.5 Å². The monoisotopic (exact) mass is 276 g/mol. The van der Waals surface area contributed by atoms with Gasteiger partial charge in [0.15, 0.2) is 0 Å². The van der Waals surface area contributed by atoms with Crippen molar-refractivity contribution in [1.82, 2.24) is 10.2 Å². The van der Waals surface area contributed by atoms with Gasteiger partial charge in [-0.25, -0.2) is 0 Å². The summed E-state index contributed by atoms with van der Waals surface area (Å²) in [7, 11) is 0. The molecule has 1 aliphatic heterocycles. The van der Waals surface area contributed by atoms with Crippen molar-refractivity contribution in [2.75, 3.05) is 19.6 Å². The van der Waals surface area contributed by atoms with Crippen molar-refractivity contribution in [2.24, 2.45) is 5.92 Å². The Morgan fingerprint density at radius 3 is 2.75 bits per heavy atom. The Kier molecular flexibility index (Phi) is 4.10. The molecule has 0 bridgehead atoms. The van der Waals surface area contributed by atoms with Gasteiger partial charge in [-0.3, -0.25) is 4.79 Å². The van der Waals surface area contributed by atoms with E-state index >= 15 is 0 Å². The lowest BCUT2D eigenvalue weighted by atomic mass is 9.97. The first-order chi connectivity index (χ1) is 9.79. The average molecular weight is 276 g/mol. The van der Waals surface area contributed by atoms with Crippen molar-refractivity contribution in [3.05, 3.63) is 23.7 Å². The van der Waals surface area contributed by atoms with Crippen molar-refractivity contribution in [1.29, 1.82) is 0 Å². The van der Waals surface area contributed by atoms with E-state index in [2.05, 4.69) is 10.2 Å². The number of carbonyl (C=O) groups excluding carboxylic acids is 1. The molecule has 1 aromatic rings. The number of nitrogens with zero attached hydrogens (tertiary/aromatic N) is 1. The number of amides is 1. The molecule has 1 N–H and O–H groups in total. The van der Waals surface area contributed by atoms with Gasteiger partial charge in [0.05, 0.1) is 11.8 Å². The van der Waals surface area contributed by atoms with Gasteiger partial charge in [-0.05, 0) is 50.8 Å². The van der Waals surface area contributed by atoms with Crippen LogP contribution in [0.2, 0.25) is 0 Å². The van der Waals surface area contributed by atoms with Crippen LogP contribution in [0.5, 0.6) is 0 Å². The molecule has 1 amide bonds. The number of hydrogen-bond donors (Lipinski definition) is 1. The molecule has 0 spiro atoms. The quantitative estimate of drug-likeness (QED) is 0.898. The average Bonchev–Trinajstić information content (AvgIpc) is 3.21. The van der Waals surface area contributed by atoms with Crippen LogP contribution in [-0.2, 0) is 6.42 Å². The van der Waals surface area contributed by atoms with Crippen LogP contribution in [0.1, 0.15) is 48.7 Å².